The van der Waals surface area contributed by atoms with Crippen LogP contribution in [0.1, 0.15) is 12.1 Å². The minimum absolute atomic E-state index is 0.00139. The van der Waals surface area contributed by atoms with E-state index in [1.807, 2.05) is 0 Å². The van der Waals surface area contributed by atoms with Crippen molar-refractivity contribution in [2.24, 2.45) is 0 Å². The Labute approximate surface area is 96.6 Å². The molecule has 88 valence electrons. The molecule has 16 heavy (non-hydrogen) atoms. The van der Waals surface area contributed by atoms with Gasteiger partial charge in [0.05, 0.1) is 4.92 Å². The first-order chi connectivity index (χ1) is 7.56. The maximum absolute atomic E-state index is 10.8. The van der Waals surface area contributed by atoms with Gasteiger partial charge in [0.1, 0.15) is 5.69 Å². The maximum atomic E-state index is 10.8. The smallest absolute Gasteiger partial charge is 0.332 e. The highest BCUT2D eigenvalue weighted by molar-refractivity contribution is 6.28. The largest absolute Gasteiger partial charge is 0.396 e. The van der Waals surface area contributed by atoms with Crippen LogP contribution in [-0.2, 0) is 0 Å². The van der Waals surface area contributed by atoms with Crippen LogP contribution in [0.25, 0.3) is 0 Å². The minimum atomic E-state index is -0.563. The Bertz CT molecular complexity index is 399. The number of aromatic nitrogens is 2. The van der Waals surface area contributed by atoms with Crippen LogP contribution < -0.4 is 5.32 Å². The third-order valence-corrected chi connectivity index (χ3v) is 2.01. The summed E-state index contributed by atoms with van der Waals surface area (Å²) in [6.07, 6.45) is 0.470. The van der Waals surface area contributed by atoms with Crippen LogP contribution in [-0.4, -0.2) is 33.1 Å². The Balaban J connectivity index is 2.99. The first kappa shape index (κ1) is 12.6. The fourth-order valence-corrected chi connectivity index (χ4v) is 1.37. The molecule has 0 atom stereocenters. The van der Waals surface area contributed by atoms with Crippen LogP contribution >= 0.6 is 11.6 Å². The molecule has 0 aromatic carbocycles. The SMILES string of the molecule is Cc1nc(Cl)nc(NCCCO)c1[N+](=O)[O-]. The summed E-state index contributed by atoms with van der Waals surface area (Å²) in [6, 6.07) is 0. The van der Waals surface area contributed by atoms with Crippen molar-refractivity contribution in [1.29, 1.82) is 0 Å². The van der Waals surface area contributed by atoms with Crippen LogP contribution in [0.3, 0.4) is 0 Å². The minimum Gasteiger partial charge on any atom is -0.396 e. The molecule has 0 aliphatic carbocycles. The van der Waals surface area contributed by atoms with Gasteiger partial charge >= 0.3 is 5.69 Å². The Morgan fingerprint density at radius 1 is 1.56 bits per heavy atom. The number of aliphatic hydroxyl groups is 1. The summed E-state index contributed by atoms with van der Waals surface area (Å²) in [5.41, 5.74) is 0.0128. The number of nitrogens with zero attached hydrogens (tertiary/aromatic N) is 3. The standard InChI is InChI=1S/C8H11ClN4O3/c1-5-6(13(15)16)7(10-3-2-4-14)12-8(9)11-5/h14H,2-4H2,1H3,(H,10,11,12). The lowest BCUT2D eigenvalue weighted by atomic mass is 10.3. The third kappa shape index (κ3) is 3.01. The van der Waals surface area contributed by atoms with Crippen LogP contribution in [0.15, 0.2) is 0 Å². The molecule has 0 radical (unpaired) electrons. The predicted molar refractivity (Wildman–Crippen MR) is 58.6 cm³/mol. The van der Waals surface area contributed by atoms with Gasteiger partial charge in [-0.1, -0.05) is 0 Å². The number of nitro groups is 1. The average Bonchev–Trinajstić information content (AvgIpc) is 2.16. The van der Waals surface area contributed by atoms with Gasteiger partial charge in [0.15, 0.2) is 0 Å². The lowest BCUT2D eigenvalue weighted by molar-refractivity contribution is -0.385. The van der Waals surface area contributed by atoms with E-state index in [1.165, 1.54) is 6.92 Å². The first-order valence-corrected chi connectivity index (χ1v) is 4.97. The van der Waals surface area contributed by atoms with Gasteiger partial charge in [-0.25, -0.2) is 4.98 Å². The molecule has 0 saturated carbocycles. The highest BCUT2D eigenvalue weighted by Crippen LogP contribution is 2.26. The fraction of sp³-hybridized carbons (Fsp3) is 0.500. The second kappa shape index (κ2) is 5.57. The molecule has 2 N–H and O–H groups in total. The average molecular weight is 247 g/mol. The number of nitrogens with one attached hydrogen (secondary N) is 1. The molecular weight excluding hydrogens is 236 g/mol. The zero-order valence-electron chi connectivity index (χ0n) is 8.60. The van der Waals surface area contributed by atoms with Gasteiger partial charge < -0.3 is 10.4 Å². The van der Waals surface area contributed by atoms with E-state index in [0.29, 0.717) is 13.0 Å². The molecule has 0 spiro atoms. The molecule has 0 fully saturated rings. The quantitative estimate of drug-likeness (QED) is 0.350. The summed E-state index contributed by atoms with van der Waals surface area (Å²) in [7, 11) is 0. The molecule has 0 aliphatic heterocycles. The molecule has 8 heteroatoms. The summed E-state index contributed by atoms with van der Waals surface area (Å²) in [6.45, 7) is 1.87. The van der Waals surface area contributed by atoms with Gasteiger partial charge in [0.2, 0.25) is 11.1 Å². The molecule has 0 amide bonds. The molecule has 1 aromatic heterocycles. The van der Waals surface area contributed by atoms with Crippen LogP contribution in [0.2, 0.25) is 5.28 Å². The van der Waals surface area contributed by atoms with Gasteiger partial charge in [-0.05, 0) is 24.9 Å². The van der Waals surface area contributed by atoms with Crippen molar-refractivity contribution in [2.45, 2.75) is 13.3 Å². The normalized spacial score (nSPS) is 10.2. The van der Waals surface area contributed by atoms with E-state index in [9.17, 15) is 10.1 Å². The number of hydrogen-bond donors (Lipinski definition) is 2. The zero-order valence-corrected chi connectivity index (χ0v) is 9.36. The van der Waals surface area contributed by atoms with Crippen molar-refractivity contribution >= 4 is 23.1 Å². The number of anilines is 1. The monoisotopic (exact) mass is 246 g/mol. The summed E-state index contributed by atoms with van der Waals surface area (Å²) < 4.78 is 0. The van der Waals surface area contributed by atoms with Crippen LogP contribution in [0.4, 0.5) is 11.5 Å². The highest BCUT2D eigenvalue weighted by atomic mass is 35.5. The maximum Gasteiger partial charge on any atom is 0.332 e. The molecule has 1 heterocycles. The summed E-state index contributed by atoms with van der Waals surface area (Å²) >= 11 is 5.61. The molecule has 1 rings (SSSR count). The van der Waals surface area contributed by atoms with Gasteiger partial charge in [0.25, 0.3) is 0 Å². The molecule has 1 aromatic rings. The predicted octanol–water partition coefficient (Wildman–Crippen LogP) is 1.14. The number of hydrogen-bond acceptors (Lipinski definition) is 6. The van der Waals surface area contributed by atoms with Crippen molar-refractivity contribution in [3.63, 3.8) is 0 Å². The number of aliphatic hydroxyl groups excluding tert-OH is 1. The lowest BCUT2D eigenvalue weighted by Gasteiger charge is -2.06. The molecule has 0 saturated heterocycles. The van der Waals surface area contributed by atoms with Gasteiger partial charge in [-0.2, -0.15) is 4.98 Å². The lowest BCUT2D eigenvalue weighted by Crippen LogP contribution is -2.09. The van der Waals surface area contributed by atoms with E-state index in [0.717, 1.165) is 0 Å². The van der Waals surface area contributed by atoms with E-state index >= 15 is 0 Å². The summed E-state index contributed by atoms with van der Waals surface area (Å²) in [5, 5.41) is 22.1. The molecule has 0 unspecified atom stereocenters. The highest BCUT2D eigenvalue weighted by Gasteiger charge is 2.21. The second-order valence-electron chi connectivity index (χ2n) is 3.04. The fourth-order valence-electron chi connectivity index (χ4n) is 1.16. The van der Waals surface area contributed by atoms with Crippen molar-refractivity contribution in [2.75, 3.05) is 18.5 Å². The Kier molecular flexibility index (Phi) is 4.39. The van der Waals surface area contributed by atoms with Crippen molar-refractivity contribution < 1.29 is 10.0 Å². The molecule has 7 nitrogen and oxygen atoms in total. The Morgan fingerprint density at radius 2 is 2.25 bits per heavy atom. The Hall–Kier alpha value is -1.47. The van der Waals surface area contributed by atoms with Gasteiger partial charge in [-0.3, -0.25) is 10.1 Å². The van der Waals surface area contributed by atoms with Gasteiger partial charge in [0, 0.05) is 13.2 Å². The van der Waals surface area contributed by atoms with Crippen molar-refractivity contribution in [3.8, 4) is 0 Å². The Morgan fingerprint density at radius 3 is 2.81 bits per heavy atom. The van der Waals surface area contributed by atoms with E-state index < -0.39 is 4.92 Å². The van der Waals surface area contributed by atoms with Crippen LogP contribution in [0.5, 0.6) is 0 Å². The summed E-state index contributed by atoms with van der Waals surface area (Å²) in [4.78, 5) is 17.7. The van der Waals surface area contributed by atoms with Crippen molar-refractivity contribution in [1.82, 2.24) is 9.97 Å². The van der Waals surface area contributed by atoms with E-state index in [4.69, 9.17) is 16.7 Å². The van der Waals surface area contributed by atoms with E-state index in [-0.39, 0.29) is 29.1 Å². The number of halogens is 1. The summed E-state index contributed by atoms with van der Waals surface area (Å²) in [5.74, 6) is 0.0796. The van der Waals surface area contributed by atoms with E-state index in [2.05, 4.69) is 15.3 Å². The van der Waals surface area contributed by atoms with E-state index in [1.54, 1.807) is 0 Å². The van der Waals surface area contributed by atoms with Gasteiger partial charge in [-0.15, -0.1) is 0 Å². The second-order valence-corrected chi connectivity index (χ2v) is 3.37. The van der Waals surface area contributed by atoms with Crippen LogP contribution in [0, 0.1) is 17.0 Å². The third-order valence-electron chi connectivity index (χ3n) is 1.84. The number of rotatable bonds is 5. The zero-order chi connectivity index (χ0) is 12.1. The van der Waals surface area contributed by atoms with Crippen molar-refractivity contribution in [3.05, 3.63) is 21.1 Å². The topological polar surface area (TPSA) is 101 Å². The number of aryl methyl sites for hydroxylation is 1. The molecule has 0 aliphatic rings. The molecule has 0 bridgehead atoms. The first-order valence-electron chi connectivity index (χ1n) is 4.59. The molecular formula is C8H11ClN4O3.